The Kier molecular flexibility index (Phi) is 4.54. The summed E-state index contributed by atoms with van der Waals surface area (Å²) in [6, 6.07) is 7.44. The standard InChI is InChI=1S/C17H20F3N3O/c1-24-14-5-3-12(4-6-14)15-13(10-22-23-15)9-21-11-16(7-2-8-16)17(18,19)20/h3-6,10,21H,2,7-9,11H2,1H3,(H,22,23). The maximum Gasteiger partial charge on any atom is 0.395 e. The first-order valence-corrected chi connectivity index (χ1v) is 7.89. The molecule has 2 aromatic rings. The predicted octanol–water partition coefficient (Wildman–Crippen LogP) is 3.91. The van der Waals surface area contributed by atoms with Gasteiger partial charge < -0.3 is 10.1 Å². The molecule has 130 valence electrons. The summed E-state index contributed by atoms with van der Waals surface area (Å²) in [6.07, 6.45) is -1.44. The van der Waals surface area contributed by atoms with Crippen molar-refractivity contribution in [3.8, 4) is 17.0 Å². The van der Waals surface area contributed by atoms with Gasteiger partial charge in [0.2, 0.25) is 0 Å². The van der Waals surface area contributed by atoms with Crippen molar-refractivity contribution in [3.63, 3.8) is 0 Å². The Labute approximate surface area is 138 Å². The van der Waals surface area contributed by atoms with Gasteiger partial charge in [-0.25, -0.2) is 0 Å². The van der Waals surface area contributed by atoms with Crippen LogP contribution in [0.25, 0.3) is 11.3 Å². The molecule has 2 N–H and O–H groups in total. The van der Waals surface area contributed by atoms with Gasteiger partial charge in [-0.15, -0.1) is 0 Å². The van der Waals surface area contributed by atoms with Crippen molar-refractivity contribution >= 4 is 0 Å². The number of nitrogens with one attached hydrogen (secondary N) is 2. The molecule has 0 atom stereocenters. The third kappa shape index (κ3) is 3.13. The van der Waals surface area contributed by atoms with Crippen molar-refractivity contribution in [2.45, 2.75) is 32.0 Å². The number of benzene rings is 1. The molecule has 1 aromatic heterocycles. The Morgan fingerprint density at radius 1 is 1.25 bits per heavy atom. The highest BCUT2D eigenvalue weighted by molar-refractivity contribution is 5.63. The molecule has 1 aliphatic carbocycles. The molecular weight excluding hydrogens is 319 g/mol. The molecule has 4 nitrogen and oxygen atoms in total. The van der Waals surface area contributed by atoms with Crippen LogP contribution in [0.1, 0.15) is 24.8 Å². The van der Waals surface area contributed by atoms with Crippen molar-refractivity contribution in [2.75, 3.05) is 13.7 Å². The van der Waals surface area contributed by atoms with Crippen molar-refractivity contribution < 1.29 is 17.9 Å². The normalized spacial score (nSPS) is 16.7. The molecule has 0 unspecified atom stereocenters. The molecule has 1 saturated carbocycles. The van der Waals surface area contributed by atoms with Crippen LogP contribution in [0.2, 0.25) is 0 Å². The largest absolute Gasteiger partial charge is 0.497 e. The fraction of sp³-hybridized carbons (Fsp3) is 0.471. The topological polar surface area (TPSA) is 49.9 Å². The number of halogens is 3. The second kappa shape index (κ2) is 6.47. The summed E-state index contributed by atoms with van der Waals surface area (Å²) < 4.78 is 44.6. The monoisotopic (exact) mass is 339 g/mol. The lowest BCUT2D eigenvalue weighted by Crippen LogP contribution is -2.50. The SMILES string of the molecule is COc1ccc(-c2[nH]ncc2CNCC2(C(F)(F)F)CCC2)cc1. The fourth-order valence-corrected chi connectivity index (χ4v) is 3.05. The zero-order valence-corrected chi connectivity index (χ0v) is 13.4. The number of alkyl halides is 3. The van der Waals surface area contributed by atoms with E-state index in [-0.39, 0.29) is 19.4 Å². The number of aromatic nitrogens is 2. The van der Waals surface area contributed by atoms with Crippen LogP contribution in [0.4, 0.5) is 13.2 Å². The van der Waals surface area contributed by atoms with E-state index in [4.69, 9.17) is 4.74 Å². The van der Waals surface area contributed by atoms with Crippen LogP contribution in [-0.2, 0) is 6.54 Å². The molecule has 0 saturated heterocycles. The number of ether oxygens (including phenoxy) is 1. The third-order valence-electron chi connectivity index (χ3n) is 4.79. The first-order valence-electron chi connectivity index (χ1n) is 7.89. The first-order chi connectivity index (χ1) is 11.5. The summed E-state index contributed by atoms with van der Waals surface area (Å²) in [5, 5.41) is 9.90. The van der Waals surface area contributed by atoms with Crippen LogP contribution in [0.15, 0.2) is 30.5 Å². The van der Waals surface area contributed by atoms with E-state index in [0.717, 1.165) is 22.6 Å². The number of hydrogen-bond acceptors (Lipinski definition) is 3. The van der Waals surface area contributed by atoms with Gasteiger partial charge in [0.05, 0.1) is 24.4 Å². The minimum Gasteiger partial charge on any atom is -0.497 e. The number of methoxy groups -OCH3 is 1. The minimum atomic E-state index is -4.15. The quantitative estimate of drug-likeness (QED) is 0.839. The smallest absolute Gasteiger partial charge is 0.395 e. The van der Waals surface area contributed by atoms with Gasteiger partial charge in [0.1, 0.15) is 5.75 Å². The highest BCUT2D eigenvalue weighted by Gasteiger charge is 2.57. The summed E-state index contributed by atoms with van der Waals surface area (Å²) in [5.74, 6) is 0.745. The minimum absolute atomic E-state index is 0.0519. The van der Waals surface area contributed by atoms with E-state index in [1.54, 1.807) is 13.3 Å². The van der Waals surface area contributed by atoms with Crippen molar-refractivity contribution in [1.29, 1.82) is 0 Å². The van der Waals surface area contributed by atoms with E-state index in [9.17, 15) is 13.2 Å². The van der Waals surface area contributed by atoms with Gasteiger partial charge >= 0.3 is 6.18 Å². The van der Waals surface area contributed by atoms with Gasteiger partial charge in [-0.1, -0.05) is 6.42 Å². The zero-order chi connectivity index (χ0) is 17.2. The van der Waals surface area contributed by atoms with Crippen molar-refractivity contribution in [2.24, 2.45) is 5.41 Å². The van der Waals surface area contributed by atoms with Crippen LogP contribution in [-0.4, -0.2) is 30.0 Å². The lowest BCUT2D eigenvalue weighted by molar-refractivity contribution is -0.248. The van der Waals surface area contributed by atoms with Crippen molar-refractivity contribution in [1.82, 2.24) is 15.5 Å². The van der Waals surface area contributed by atoms with E-state index in [1.807, 2.05) is 24.3 Å². The van der Waals surface area contributed by atoms with Gasteiger partial charge in [-0.2, -0.15) is 18.3 Å². The van der Waals surface area contributed by atoms with E-state index in [1.165, 1.54) is 0 Å². The van der Waals surface area contributed by atoms with Gasteiger partial charge in [0.25, 0.3) is 0 Å². The number of nitrogens with zero attached hydrogens (tertiary/aromatic N) is 1. The second-order valence-corrected chi connectivity index (χ2v) is 6.23. The highest BCUT2D eigenvalue weighted by Crippen LogP contribution is 2.52. The summed E-state index contributed by atoms with van der Waals surface area (Å²) in [4.78, 5) is 0. The number of aromatic amines is 1. The molecule has 1 aromatic carbocycles. The van der Waals surface area contributed by atoms with E-state index in [0.29, 0.717) is 13.0 Å². The molecule has 0 bridgehead atoms. The molecular formula is C17H20F3N3O. The molecule has 0 aliphatic heterocycles. The molecule has 0 spiro atoms. The van der Waals surface area contributed by atoms with Crippen LogP contribution >= 0.6 is 0 Å². The summed E-state index contributed by atoms with van der Waals surface area (Å²) >= 11 is 0. The lowest BCUT2D eigenvalue weighted by Gasteiger charge is -2.43. The van der Waals surface area contributed by atoms with Gasteiger partial charge in [0.15, 0.2) is 0 Å². The van der Waals surface area contributed by atoms with Crippen LogP contribution in [0.3, 0.4) is 0 Å². The molecule has 1 fully saturated rings. The van der Waals surface area contributed by atoms with E-state index >= 15 is 0 Å². The lowest BCUT2D eigenvalue weighted by atomic mass is 9.68. The Hall–Kier alpha value is -2.02. The predicted molar refractivity (Wildman–Crippen MR) is 84.6 cm³/mol. The van der Waals surface area contributed by atoms with Crippen LogP contribution < -0.4 is 10.1 Å². The highest BCUT2D eigenvalue weighted by atomic mass is 19.4. The maximum absolute atomic E-state index is 13.2. The average molecular weight is 339 g/mol. The van der Waals surface area contributed by atoms with Crippen LogP contribution in [0.5, 0.6) is 5.75 Å². The van der Waals surface area contributed by atoms with E-state index in [2.05, 4.69) is 15.5 Å². The van der Waals surface area contributed by atoms with Crippen LogP contribution in [0, 0.1) is 5.41 Å². The number of rotatable bonds is 6. The van der Waals surface area contributed by atoms with Gasteiger partial charge in [-0.05, 0) is 37.1 Å². The number of H-pyrrole nitrogens is 1. The Morgan fingerprint density at radius 2 is 1.96 bits per heavy atom. The molecule has 1 aliphatic rings. The van der Waals surface area contributed by atoms with Gasteiger partial charge in [0, 0.05) is 24.2 Å². The number of hydrogen-bond donors (Lipinski definition) is 2. The third-order valence-corrected chi connectivity index (χ3v) is 4.79. The second-order valence-electron chi connectivity index (χ2n) is 6.23. The molecule has 24 heavy (non-hydrogen) atoms. The van der Waals surface area contributed by atoms with E-state index < -0.39 is 11.6 Å². The fourth-order valence-electron chi connectivity index (χ4n) is 3.05. The molecule has 1 heterocycles. The maximum atomic E-state index is 13.2. The molecule has 7 heteroatoms. The Morgan fingerprint density at radius 3 is 2.50 bits per heavy atom. The Balaban J connectivity index is 1.65. The summed E-state index contributed by atoms with van der Waals surface area (Å²) in [6.45, 7) is 0.291. The Bertz CT molecular complexity index is 675. The average Bonchev–Trinajstić information content (AvgIpc) is 2.97. The molecule has 0 amide bonds. The summed E-state index contributed by atoms with van der Waals surface area (Å²) in [7, 11) is 1.59. The molecule has 0 radical (unpaired) electrons. The van der Waals surface area contributed by atoms with Crippen molar-refractivity contribution in [3.05, 3.63) is 36.0 Å². The molecule has 3 rings (SSSR count). The zero-order valence-electron chi connectivity index (χ0n) is 13.4. The first kappa shape index (κ1) is 16.8. The summed E-state index contributed by atoms with van der Waals surface area (Å²) in [5.41, 5.74) is 1.01. The van der Waals surface area contributed by atoms with Gasteiger partial charge in [-0.3, -0.25) is 5.10 Å².